The maximum absolute atomic E-state index is 14.9. The molecule has 0 radical (unpaired) electrons. The van der Waals surface area contributed by atoms with Crippen LogP contribution in [-0.4, -0.2) is 22.4 Å². The first-order chi connectivity index (χ1) is 26.3. The van der Waals surface area contributed by atoms with E-state index in [1.807, 2.05) is 149 Å². The van der Waals surface area contributed by atoms with Gasteiger partial charge in [0.25, 0.3) is 20.0 Å². The zero-order valence-electron chi connectivity index (χ0n) is 30.8. The summed E-state index contributed by atoms with van der Waals surface area (Å²) in [6, 6.07) is 50.6. The molecule has 1 heterocycles. The lowest BCUT2D eigenvalue weighted by atomic mass is 10.1. The molecule has 1 aliphatic heterocycles. The Bertz CT molecular complexity index is 2670. The molecule has 8 nitrogen and oxygen atoms in total. The fraction of sp³-hybridized carbons (Fsp3) is 0.116. The Morgan fingerprint density at radius 2 is 0.764 bits per heavy atom. The van der Waals surface area contributed by atoms with Crippen molar-refractivity contribution in [1.29, 1.82) is 0 Å². The fourth-order valence-corrected chi connectivity index (χ4v) is 20.0. The third-order valence-corrected chi connectivity index (χ3v) is 21.5. The van der Waals surface area contributed by atoms with E-state index in [1.165, 1.54) is 0 Å². The van der Waals surface area contributed by atoms with Gasteiger partial charge in [-0.3, -0.25) is 0 Å². The number of sulfonamides is 2. The van der Waals surface area contributed by atoms with Crippen LogP contribution in [0.1, 0.15) is 25.0 Å². The predicted molar refractivity (Wildman–Crippen MR) is 226 cm³/mol. The van der Waals surface area contributed by atoms with Crippen molar-refractivity contribution in [2.45, 2.75) is 43.0 Å². The topological polar surface area (TPSA) is 118 Å². The number of hydrogen-bond donors (Lipinski definition) is 0. The van der Waals surface area contributed by atoms with E-state index in [0.29, 0.717) is 32.0 Å². The second-order valence-electron chi connectivity index (χ2n) is 13.8. The summed E-state index contributed by atoms with van der Waals surface area (Å²) in [4.78, 5) is 0.0736. The Morgan fingerprint density at radius 3 is 1.11 bits per heavy atom. The van der Waals surface area contributed by atoms with Gasteiger partial charge < -0.3 is 0 Å². The summed E-state index contributed by atoms with van der Waals surface area (Å²) in [6.07, 6.45) is 0. The standard InChI is InChI=1S/C43H40N4O4P2S2/c1-33-25-29-39(30-26-33)54(48,49)46-52(35-17-9-5-10-18-35,36-19-11-6-12-20-36)41-42(44-45-43(41,3)4)53(37-21-13-7-14-22-37,38-23-15-8-16-24-38)47-55(50,51)40-31-27-34(2)28-32-40/h5-32H,1-4H3. The van der Waals surface area contributed by atoms with E-state index < -0.39 is 39.7 Å². The van der Waals surface area contributed by atoms with Gasteiger partial charge in [-0.05, 0) is 52.0 Å². The number of nitrogens with zero attached hydrogens (tertiary/aromatic N) is 4. The van der Waals surface area contributed by atoms with Crippen molar-refractivity contribution >= 4 is 55.4 Å². The molecule has 0 N–H and O–H groups in total. The van der Waals surface area contributed by atoms with Gasteiger partial charge in [0.1, 0.15) is 11.0 Å². The van der Waals surface area contributed by atoms with Crippen LogP contribution in [0.5, 0.6) is 0 Å². The number of hydrogen-bond acceptors (Lipinski definition) is 6. The quantitative estimate of drug-likeness (QED) is 0.128. The molecule has 0 amide bonds. The molecular formula is C43H40N4O4P2S2. The lowest BCUT2D eigenvalue weighted by Gasteiger charge is -2.35. The molecular weight excluding hydrogens is 763 g/mol. The molecule has 0 saturated carbocycles. The van der Waals surface area contributed by atoms with Crippen molar-refractivity contribution in [3.63, 3.8) is 0 Å². The van der Waals surface area contributed by atoms with Crippen LogP contribution in [-0.2, 0) is 20.0 Å². The van der Waals surface area contributed by atoms with Crippen molar-refractivity contribution in [1.82, 2.24) is 0 Å². The fourth-order valence-electron chi connectivity index (χ4n) is 6.78. The monoisotopic (exact) mass is 802 g/mol. The summed E-state index contributed by atoms with van der Waals surface area (Å²) < 4.78 is 69.5. The van der Waals surface area contributed by atoms with Gasteiger partial charge in [-0.1, -0.05) is 157 Å². The Kier molecular flexibility index (Phi) is 10.4. The summed E-state index contributed by atoms with van der Waals surface area (Å²) in [6.45, 7) is 7.55. The van der Waals surface area contributed by atoms with Crippen molar-refractivity contribution < 1.29 is 16.8 Å². The summed E-state index contributed by atoms with van der Waals surface area (Å²) in [5.74, 6) is 0. The highest BCUT2D eigenvalue weighted by atomic mass is 32.2. The van der Waals surface area contributed by atoms with E-state index in [4.69, 9.17) is 18.5 Å². The molecule has 6 aromatic rings. The van der Waals surface area contributed by atoms with Crippen molar-refractivity contribution in [2.24, 2.45) is 18.5 Å². The summed E-state index contributed by atoms with van der Waals surface area (Å²) in [5.41, 5.74) is 0.940. The SMILES string of the molecule is Cc1ccc(S(=O)(=O)N=P(C2=C(P(=NS(=O)(=O)c3ccc(C)cc3)(c3ccccc3)c3ccccc3)C(C)(C)N=N2)(c2ccccc2)c2ccccc2)cc1. The molecule has 0 atom stereocenters. The Hall–Kier alpha value is -4.98. The lowest BCUT2D eigenvalue weighted by molar-refractivity contribution is 0.596. The van der Waals surface area contributed by atoms with E-state index >= 15 is 0 Å². The molecule has 7 rings (SSSR count). The first-order valence-corrected chi connectivity index (χ1v) is 24.0. The molecule has 55 heavy (non-hydrogen) atoms. The summed E-state index contributed by atoms with van der Waals surface area (Å²) in [7, 11) is -16.2. The van der Waals surface area contributed by atoms with Crippen LogP contribution in [0.2, 0.25) is 0 Å². The second kappa shape index (κ2) is 14.9. The zero-order valence-corrected chi connectivity index (χ0v) is 34.2. The smallest absolute Gasteiger partial charge is 0.199 e. The predicted octanol–water partition coefficient (Wildman–Crippen LogP) is 9.50. The van der Waals surface area contributed by atoms with E-state index in [2.05, 4.69) is 0 Å². The second-order valence-corrected chi connectivity index (χ2v) is 23.4. The van der Waals surface area contributed by atoms with Gasteiger partial charge in [-0.25, -0.2) is 0 Å². The van der Waals surface area contributed by atoms with E-state index in [9.17, 15) is 16.8 Å². The molecule has 0 saturated heterocycles. The zero-order chi connectivity index (χ0) is 38.9. The molecule has 0 spiro atoms. The molecule has 0 fully saturated rings. The van der Waals surface area contributed by atoms with Gasteiger partial charge in [0.2, 0.25) is 0 Å². The molecule has 0 aromatic heterocycles. The van der Waals surface area contributed by atoms with Crippen molar-refractivity contribution in [3.05, 3.63) is 192 Å². The van der Waals surface area contributed by atoms with E-state index in [0.717, 1.165) is 11.1 Å². The van der Waals surface area contributed by atoms with Crippen LogP contribution in [0, 0.1) is 13.8 Å². The highest BCUT2D eigenvalue weighted by Crippen LogP contribution is 2.71. The average molecular weight is 803 g/mol. The number of aryl methyl sites for hydroxylation is 2. The van der Waals surface area contributed by atoms with Gasteiger partial charge in [0.15, 0.2) is 0 Å². The third-order valence-electron chi connectivity index (χ3n) is 9.43. The molecule has 0 unspecified atom stereocenters. The summed E-state index contributed by atoms with van der Waals surface area (Å²) >= 11 is 0. The first-order valence-electron chi connectivity index (χ1n) is 17.6. The van der Waals surface area contributed by atoms with Crippen LogP contribution in [0.25, 0.3) is 0 Å². The number of benzene rings is 6. The summed E-state index contributed by atoms with van der Waals surface area (Å²) in [5, 5.41) is 12.9. The average Bonchev–Trinajstić information content (AvgIpc) is 3.52. The van der Waals surface area contributed by atoms with Gasteiger partial charge >= 0.3 is 0 Å². The first kappa shape index (κ1) is 38.3. The van der Waals surface area contributed by atoms with E-state index in [1.54, 1.807) is 48.5 Å². The molecule has 0 aliphatic carbocycles. The molecule has 278 valence electrons. The van der Waals surface area contributed by atoms with Crippen LogP contribution in [0.3, 0.4) is 0 Å². The van der Waals surface area contributed by atoms with Gasteiger partial charge in [-0.15, -0.1) is 0 Å². The van der Waals surface area contributed by atoms with Crippen LogP contribution < -0.4 is 21.2 Å². The van der Waals surface area contributed by atoms with Crippen LogP contribution >= 0.6 is 14.1 Å². The highest BCUT2D eigenvalue weighted by Gasteiger charge is 2.50. The molecule has 12 heteroatoms. The maximum Gasteiger partial charge on any atom is 0.281 e. The normalized spacial score (nSPS) is 14.5. The Morgan fingerprint density at radius 1 is 0.455 bits per heavy atom. The van der Waals surface area contributed by atoms with Gasteiger partial charge in [-0.2, -0.15) is 35.4 Å². The van der Waals surface area contributed by atoms with Crippen molar-refractivity contribution in [3.8, 4) is 0 Å². The maximum atomic E-state index is 14.9. The third kappa shape index (κ3) is 7.16. The minimum atomic E-state index is -4.38. The van der Waals surface area contributed by atoms with Crippen molar-refractivity contribution in [2.75, 3.05) is 0 Å². The van der Waals surface area contributed by atoms with Gasteiger partial charge in [0, 0.05) is 26.5 Å². The molecule has 0 bridgehead atoms. The number of azo groups is 1. The lowest BCUT2D eigenvalue weighted by Crippen LogP contribution is -2.29. The highest BCUT2D eigenvalue weighted by molar-refractivity contribution is 8.00. The van der Waals surface area contributed by atoms with Gasteiger partial charge in [0.05, 0.1) is 23.9 Å². The minimum absolute atomic E-state index is 0.0319. The minimum Gasteiger partial charge on any atom is -0.199 e. The molecule has 6 aromatic carbocycles. The largest absolute Gasteiger partial charge is 0.281 e. The molecule has 1 aliphatic rings. The van der Waals surface area contributed by atoms with Crippen LogP contribution in [0.15, 0.2) is 209 Å². The number of rotatable bonds is 10. The van der Waals surface area contributed by atoms with E-state index in [-0.39, 0.29) is 9.79 Å². The Labute approximate surface area is 324 Å². The Balaban J connectivity index is 1.77. The van der Waals surface area contributed by atoms with Crippen LogP contribution in [0.4, 0.5) is 0 Å².